The highest BCUT2D eigenvalue weighted by atomic mass is 33.1. The third kappa shape index (κ3) is 12.8. The lowest BCUT2D eigenvalue weighted by Gasteiger charge is -2.25. The summed E-state index contributed by atoms with van der Waals surface area (Å²) in [6, 6.07) is 30.1. The van der Waals surface area contributed by atoms with Gasteiger partial charge in [0.2, 0.25) is 5.91 Å². The van der Waals surface area contributed by atoms with Crippen LogP contribution in [0.5, 0.6) is 17.2 Å². The van der Waals surface area contributed by atoms with Gasteiger partial charge in [-0.3, -0.25) is 19.2 Å². The summed E-state index contributed by atoms with van der Waals surface area (Å²) in [6.07, 6.45) is 9.54. The Morgan fingerprint density at radius 2 is 1.39 bits per heavy atom. The molecule has 0 unspecified atom stereocenters. The zero-order chi connectivity index (χ0) is 52.6. The van der Waals surface area contributed by atoms with Gasteiger partial charge in [0.1, 0.15) is 24.7 Å². The van der Waals surface area contributed by atoms with E-state index in [1.807, 2.05) is 103 Å². The number of benzene rings is 5. The molecule has 2 atom stereocenters. The van der Waals surface area contributed by atoms with Crippen molar-refractivity contribution in [2.24, 2.45) is 0 Å². The molecule has 0 bridgehead atoms. The minimum Gasteiger partial charge on any atom is -0.493 e. The Labute approximate surface area is 451 Å². The molecule has 0 spiro atoms. The molecule has 75 heavy (non-hydrogen) atoms. The maximum absolute atomic E-state index is 14.2. The molecule has 3 amide bonds. The largest absolute Gasteiger partial charge is 0.493 e. The van der Waals surface area contributed by atoms with E-state index in [0.29, 0.717) is 72.1 Å². The third-order valence-electron chi connectivity index (χ3n) is 15.0. The molecule has 9 rings (SSSR count). The third-order valence-corrected chi connectivity index (χ3v) is 18.4. The molecule has 4 aliphatic rings. The Bertz CT molecular complexity index is 2910. The van der Waals surface area contributed by atoms with Crippen molar-refractivity contribution in [3.8, 4) is 17.2 Å². The number of para-hydroxylation sites is 2. The lowest BCUT2D eigenvalue weighted by atomic mass is 9.99. The van der Waals surface area contributed by atoms with E-state index in [0.717, 1.165) is 110 Å². The number of fused-ring (bicyclic) bond motifs is 8. The van der Waals surface area contributed by atoms with Crippen LogP contribution in [-0.4, -0.2) is 79.9 Å². The summed E-state index contributed by atoms with van der Waals surface area (Å²) < 4.78 is 18.9. The van der Waals surface area contributed by atoms with Crippen LogP contribution in [-0.2, 0) is 42.1 Å². The summed E-state index contributed by atoms with van der Waals surface area (Å²) >= 11 is 0. The first kappa shape index (κ1) is 53.9. The molecule has 5 aromatic rings. The van der Waals surface area contributed by atoms with Crippen LogP contribution in [0.3, 0.4) is 0 Å². The minimum atomic E-state index is -0.156. The van der Waals surface area contributed by atoms with E-state index in [1.54, 1.807) is 28.7 Å². The molecule has 4 heterocycles. The first-order chi connectivity index (χ1) is 36.3. The van der Waals surface area contributed by atoms with E-state index in [4.69, 9.17) is 14.2 Å². The molecule has 5 aromatic carbocycles. The van der Waals surface area contributed by atoms with E-state index in [-0.39, 0.29) is 47.8 Å². The van der Waals surface area contributed by atoms with Gasteiger partial charge in [0.05, 0.1) is 24.4 Å². The number of methoxy groups -OCH3 is 1. The molecule has 0 saturated carbocycles. The molecular weight excluding hydrogens is 979 g/mol. The summed E-state index contributed by atoms with van der Waals surface area (Å²) in [4.78, 5) is 60.7. The molecule has 396 valence electrons. The van der Waals surface area contributed by atoms with E-state index < -0.39 is 0 Å². The van der Waals surface area contributed by atoms with Gasteiger partial charge in [-0.15, -0.1) is 0 Å². The summed E-state index contributed by atoms with van der Waals surface area (Å²) in [5.74, 6) is 2.82. The number of ketones is 1. The number of aryl methyl sites for hydroxylation is 2. The number of carbonyl (C=O) groups excluding carboxylic acids is 4. The Hall–Kier alpha value is -5.96. The van der Waals surface area contributed by atoms with Crippen molar-refractivity contribution in [3.05, 3.63) is 136 Å². The standard InChI is InChI=1S/C61H73N5O7S2/c1-7-62-26-14-8-9-18-49(67)19-15-27-74-75-61(3,4)25-24-58(68)63-46-30-41(38-72-55-36-54-51(28-40(55)2)60(70)66-48(37-64(54)5)33-45-17-11-13-21-53(45)66)29-42(31-46)39-73-57-34-43-22-23-47-32-44-16-10-12-20-52(44)65(47)59(69)50(43)35-56(57)71-6/h10-13,16-17,20-21,28-31,34-36,47-48,62H,7-9,14-15,18-19,22-27,32-33,37-39H2,1-6H3,(H,63,68)/t47-,48+/m0/s1. The summed E-state index contributed by atoms with van der Waals surface area (Å²) in [5, 5.41) is 6.52. The van der Waals surface area contributed by atoms with Crippen LogP contribution >= 0.6 is 21.6 Å². The average Bonchev–Trinajstić information content (AvgIpc) is 3.93. The van der Waals surface area contributed by atoms with E-state index in [2.05, 4.69) is 48.4 Å². The topological polar surface area (TPSA) is 130 Å². The maximum atomic E-state index is 14.2. The van der Waals surface area contributed by atoms with Gasteiger partial charge in [-0.2, -0.15) is 0 Å². The number of likely N-dealkylation sites (N-methyl/N-ethyl adjacent to an activating group) is 1. The molecule has 0 fully saturated rings. The summed E-state index contributed by atoms with van der Waals surface area (Å²) in [5.41, 5.74) is 10.5. The fourth-order valence-corrected chi connectivity index (χ4v) is 13.7. The number of unbranched alkanes of at least 4 members (excludes halogenated alkanes) is 2. The molecule has 12 nitrogen and oxygen atoms in total. The fraction of sp³-hybridized carbons (Fsp3) is 0.443. The van der Waals surface area contributed by atoms with Crippen LogP contribution < -0.4 is 39.5 Å². The van der Waals surface area contributed by atoms with Gasteiger partial charge < -0.3 is 39.5 Å². The van der Waals surface area contributed by atoms with Crippen molar-refractivity contribution >= 4 is 67.8 Å². The van der Waals surface area contributed by atoms with Gasteiger partial charge in [0.25, 0.3) is 11.8 Å². The van der Waals surface area contributed by atoms with Crippen LogP contribution in [0.2, 0.25) is 0 Å². The number of carbonyl (C=O) groups is 4. The normalized spacial score (nSPS) is 16.5. The molecule has 0 radical (unpaired) electrons. The van der Waals surface area contributed by atoms with Crippen molar-refractivity contribution in [2.45, 2.75) is 135 Å². The Kier molecular flexibility index (Phi) is 17.5. The molecule has 0 saturated heterocycles. The predicted octanol–water partition coefficient (Wildman–Crippen LogP) is 12.1. The molecule has 0 aromatic heterocycles. The first-order valence-electron chi connectivity index (χ1n) is 26.9. The van der Waals surface area contributed by atoms with Gasteiger partial charge in [-0.25, -0.2) is 0 Å². The van der Waals surface area contributed by atoms with Crippen molar-refractivity contribution in [1.82, 2.24) is 5.32 Å². The summed E-state index contributed by atoms with van der Waals surface area (Å²) in [6.45, 7) is 11.5. The second kappa shape index (κ2) is 24.4. The molecule has 0 aliphatic carbocycles. The lowest BCUT2D eigenvalue weighted by Crippen LogP contribution is -2.41. The van der Waals surface area contributed by atoms with E-state index >= 15 is 0 Å². The molecule has 2 N–H and O–H groups in total. The number of anilines is 4. The molecule has 14 heteroatoms. The van der Waals surface area contributed by atoms with Gasteiger partial charge in [-0.1, -0.05) is 71.3 Å². The number of nitrogens with one attached hydrogen (secondary N) is 2. The number of hydrogen-bond acceptors (Lipinski definition) is 11. The fourth-order valence-electron chi connectivity index (χ4n) is 11.0. The number of amides is 3. The van der Waals surface area contributed by atoms with Crippen LogP contribution in [0.25, 0.3) is 0 Å². The molecule has 4 aliphatic heterocycles. The van der Waals surface area contributed by atoms with Crippen molar-refractivity contribution in [2.75, 3.05) is 59.6 Å². The van der Waals surface area contributed by atoms with Crippen LogP contribution in [0.1, 0.15) is 133 Å². The first-order valence-corrected chi connectivity index (χ1v) is 29.2. The Morgan fingerprint density at radius 3 is 2.11 bits per heavy atom. The number of hydrogen-bond donors (Lipinski definition) is 2. The number of ether oxygens (including phenoxy) is 3. The van der Waals surface area contributed by atoms with E-state index in [9.17, 15) is 19.2 Å². The van der Waals surface area contributed by atoms with Crippen molar-refractivity contribution in [1.29, 1.82) is 0 Å². The second-order valence-corrected chi connectivity index (χ2v) is 24.3. The summed E-state index contributed by atoms with van der Waals surface area (Å²) in [7, 11) is 7.18. The predicted molar refractivity (Wildman–Crippen MR) is 306 cm³/mol. The highest BCUT2D eigenvalue weighted by Crippen LogP contribution is 2.43. The highest BCUT2D eigenvalue weighted by Gasteiger charge is 2.40. The SMILES string of the molecule is CCNCCCCCC(=O)CCCSSC(C)(C)CCC(=O)Nc1cc(COc2cc3c(cc2C)C(=O)N2c4ccccc4C[C@@H]2CN3C)cc(COc2cc3c(cc2OC)C(=O)N2c4ccccc4C[C@@H]2CC3)c1. The number of rotatable bonds is 24. The Morgan fingerprint density at radius 1 is 0.720 bits per heavy atom. The average molecular weight is 1050 g/mol. The van der Waals surface area contributed by atoms with Crippen LogP contribution in [0, 0.1) is 6.92 Å². The Balaban J connectivity index is 0.877. The monoisotopic (exact) mass is 1050 g/mol. The van der Waals surface area contributed by atoms with Crippen LogP contribution in [0.4, 0.5) is 22.7 Å². The highest BCUT2D eigenvalue weighted by molar-refractivity contribution is 8.77. The zero-order valence-electron chi connectivity index (χ0n) is 44.6. The van der Waals surface area contributed by atoms with Crippen LogP contribution in [0.15, 0.2) is 91.0 Å². The van der Waals surface area contributed by atoms with Crippen molar-refractivity contribution < 1.29 is 33.4 Å². The molecular formula is C61H73N5O7S2. The maximum Gasteiger partial charge on any atom is 0.260 e. The zero-order valence-corrected chi connectivity index (χ0v) is 46.2. The van der Waals surface area contributed by atoms with Gasteiger partial charge >= 0.3 is 0 Å². The van der Waals surface area contributed by atoms with Gasteiger partial charge in [-0.05, 0) is 167 Å². The van der Waals surface area contributed by atoms with E-state index in [1.165, 1.54) is 11.1 Å². The van der Waals surface area contributed by atoms with Gasteiger partial charge in [0, 0.05) is 78.1 Å². The van der Waals surface area contributed by atoms with Crippen molar-refractivity contribution in [3.63, 3.8) is 0 Å². The van der Waals surface area contributed by atoms with Gasteiger partial charge in [0.15, 0.2) is 11.5 Å². The number of Topliss-reactive ketones (excluding diaryl/α,β-unsaturated/α-hetero) is 1. The number of nitrogens with zero attached hydrogens (tertiary/aromatic N) is 3. The second-order valence-electron chi connectivity index (χ2n) is 21.2. The quantitative estimate of drug-likeness (QED) is 0.0452. The smallest absolute Gasteiger partial charge is 0.260 e. The lowest BCUT2D eigenvalue weighted by molar-refractivity contribution is -0.119. The minimum absolute atomic E-state index is 0.00264.